The molecule has 0 spiro atoms. The predicted molar refractivity (Wildman–Crippen MR) is 249 cm³/mol. The Morgan fingerprint density at radius 2 is 1.41 bits per heavy atom. The zero-order valence-electron chi connectivity index (χ0n) is 36.6. The van der Waals surface area contributed by atoms with Gasteiger partial charge in [-0.1, -0.05) is 153 Å². The maximum Gasteiger partial charge on any atom is 0.120 e. The van der Waals surface area contributed by atoms with Crippen LogP contribution in [0.4, 0.5) is 0 Å². The largest absolute Gasteiger partial charge is 0.500 e. The molecule has 0 aliphatic heterocycles. The fraction of sp³-hybridized carbons (Fsp3) is 0.132. The van der Waals surface area contributed by atoms with Gasteiger partial charge in [0.15, 0.2) is 0 Å². The molecule has 59 heavy (non-hydrogen) atoms. The van der Waals surface area contributed by atoms with Gasteiger partial charge >= 0.3 is 0 Å². The Kier molecular flexibility index (Phi) is 10.1. The van der Waals surface area contributed by atoms with Crippen LogP contribution in [0.1, 0.15) is 34.7 Å². The average molecular weight is 980 g/mol. The van der Waals surface area contributed by atoms with E-state index in [0.29, 0.717) is 11.3 Å². The summed E-state index contributed by atoms with van der Waals surface area (Å²) in [6.45, 7) is 9.43. The summed E-state index contributed by atoms with van der Waals surface area (Å²) in [6.07, 6.45) is 3.71. The first-order chi connectivity index (χ1) is 29.3. The quantitative estimate of drug-likeness (QED) is 0.123. The first-order valence-electron chi connectivity index (χ1n) is 21.0. The molecule has 0 fully saturated rings. The zero-order valence-corrected chi connectivity index (χ0v) is 37.8. The standard InChI is InChI=1S/C29H28NSSi.C24H16NO.Ir/c1-29(2,20-10-7-6-8-11-20)21-14-17-27-25(18-21)23-12-9-13-24(28(23)31-27)26-16-15-22(19-30-26)32(3,4)5;1-16-13-22(25-15-21(16)17-7-3-2-4-8-17)18-11-12-24-20(14-18)19-9-5-6-10-23(19)26-24;/h6-12,14-19H,1-5H3;2-10,12-15H,1H3;/q2*-1;/i;1D3;. The van der Waals surface area contributed by atoms with E-state index in [2.05, 4.69) is 124 Å². The summed E-state index contributed by atoms with van der Waals surface area (Å²) in [4.78, 5) is 9.40. The van der Waals surface area contributed by atoms with Crippen molar-refractivity contribution < 1.29 is 28.6 Å². The Morgan fingerprint density at radius 1 is 0.661 bits per heavy atom. The summed E-state index contributed by atoms with van der Waals surface area (Å²) in [5, 5.41) is 5.96. The number of thiophene rings is 1. The molecule has 0 amide bonds. The minimum Gasteiger partial charge on any atom is -0.500 e. The third-order valence-corrected chi connectivity index (χ3v) is 14.3. The topological polar surface area (TPSA) is 38.9 Å². The van der Waals surface area contributed by atoms with E-state index in [9.17, 15) is 0 Å². The second-order valence-corrected chi connectivity index (χ2v) is 22.4. The van der Waals surface area contributed by atoms with E-state index < -0.39 is 14.9 Å². The van der Waals surface area contributed by atoms with Crippen molar-refractivity contribution in [2.45, 2.75) is 45.8 Å². The number of hydrogen-bond acceptors (Lipinski definition) is 4. The maximum atomic E-state index is 8.02. The summed E-state index contributed by atoms with van der Waals surface area (Å²) in [5.41, 5.74) is 9.31. The van der Waals surface area contributed by atoms with Crippen LogP contribution in [-0.4, -0.2) is 18.0 Å². The molecule has 0 aliphatic rings. The van der Waals surface area contributed by atoms with Crippen LogP contribution >= 0.6 is 11.3 Å². The Hall–Kier alpha value is -5.49. The third kappa shape index (κ3) is 7.86. The molecule has 293 valence electrons. The van der Waals surface area contributed by atoms with Gasteiger partial charge in [-0.15, -0.1) is 47.5 Å². The molecular formula is C53H44IrN2OSSi-2. The molecule has 0 N–H and O–H groups in total. The minimum absolute atomic E-state index is 0. The van der Waals surface area contributed by atoms with Gasteiger partial charge in [0.2, 0.25) is 0 Å². The van der Waals surface area contributed by atoms with Gasteiger partial charge in [0.05, 0.1) is 13.7 Å². The molecule has 10 aromatic rings. The van der Waals surface area contributed by atoms with Crippen molar-refractivity contribution in [2.75, 3.05) is 0 Å². The molecule has 0 unspecified atom stereocenters. The molecule has 1 radical (unpaired) electrons. The number of rotatable bonds is 6. The number of fused-ring (bicyclic) bond motifs is 6. The van der Waals surface area contributed by atoms with Gasteiger partial charge in [-0.05, 0) is 67.9 Å². The Bertz CT molecular complexity index is 3190. The van der Waals surface area contributed by atoms with Gasteiger partial charge in [-0.3, -0.25) is 0 Å². The van der Waals surface area contributed by atoms with Crippen molar-refractivity contribution in [2.24, 2.45) is 0 Å². The molecule has 4 aromatic heterocycles. The summed E-state index contributed by atoms with van der Waals surface area (Å²) in [6, 6.07) is 55.7. The molecule has 10 rings (SSSR count). The number of para-hydroxylation sites is 1. The number of nitrogens with zero attached hydrogens (tertiary/aromatic N) is 2. The number of pyridine rings is 2. The molecule has 0 saturated carbocycles. The Labute approximate surface area is 369 Å². The normalized spacial score (nSPS) is 12.7. The summed E-state index contributed by atoms with van der Waals surface area (Å²) >= 11 is 1.85. The molecule has 0 aliphatic carbocycles. The zero-order chi connectivity index (χ0) is 42.5. The number of furan rings is 1. The van der Waals surface area contributed by atoms with Crippen molar-refractivity contribution in [1.82, 2.24) is 9.97 Å². The second-order valence-electron chi connectivity index (χ2n) is 16.3. The van der Waals surface area contributed by atoms with Crippen LogP contribution in [-0.2, 0) is 25.5 Å². The van der Waals surface area contributed by atoms with E-state index >= 15 is 0 Å². The average Bonchev–Trinajstić information content (AvgIpc) is 3.84. The molecular weight excluding hydrogens is 933 g/mol. The summed E-state index contributed by atoms with van der Waals surface area (Å²) < 4.78 is 32.5. The van der Waals surface area contributed by atoms with Crippen molar-refractivity contribution >= 4 is 66.7 Å². The van der Waals surface area contributed by atoms with Gasteiger partial charge in [0.25, 0.3) is 0 Å². The number of aromatic nitrogens is 2. The summed E-state index contributed by atoms with van der Waals surface area (Å²) in [7, 11) is -1.36. The van der Waals surface area contributed by atoms with Crippen LogP contribution in [0.25, 0.3) is 75.8 Å². The number of benzene rings is 6. The van der Waals surface area contributed by atoms with Crippen molar-refractivity contribution in [1.29, 1.82) is 0 Å². The van der Waals surface area contributed by atoms with Crippen molar-refractivity contribution in [3.63, 3.8) is 0 Å². The molecule has 6 aromatic carbocycles. The monoisotopic (exact) mass is 980 g/mol. The molecule has 0 atom stereocenters. The van der Waals surface area contributed by atoms with Gasteiger partial charge in [0.1, 0.15) is 5.58 Å². The third-order valence-electron chi connectivity index (χ3n) is 11.1. The first kappa shape index (κ1) is 36.6. The van der Waals surface area contributed by atoms with Crippen molar-refractivity contribution in [3.05, 3.63) is 187 Å². The molecule has 6 heteroatoms. The van der Waals surface area contributed by atoms with E-state index in [1.54, 1.807) is 18.3 Å². The fourth-order valence-electron chi connectivity index (χ4n) is 7.60. The fourth-order valence-corrected chi connectivity index (χ4v) is 9.82. The Morgan fingerprint density at radius 3 is 2.15 bits per heavy atom. The first-order valence-corrected chi connectivity index (χ1v) is 23.9. The van der Waals surface area contributed by atoms with Crippen LogP contribution in [0.3, 0.4) is 0 Å². The van der Waals surface area contributed by atoms with Crippen LogP contribution < -0.4 is 5.19 Å². The van der Waals surface area contributed by atoms with E-state index in [1.165, 1.54) is 36.5 Å². The smallest absolute Gasteiger partial charge is 0.120 e. The summed E-state index contributed by atoms with van der Waals surface area (Å²) in [5.74, 6) is 0. The van der Waals surface area contributed by atoms with Gasteiger partial charge < -0.3 is 14.4 Å². The maximum absolute atomic E-state index is 8.02. The molecule has 0 bridgehead atoms. The van der Waals surface area contributed by atoms with Crippen LogP contribution in [0.5, 0.6) is 0 Å². The van der Waals surface area contributed by atoms with Gasteiger partial charge in [-0.2, -0.15) is 11.3 Å². The van der Waals surface area contributed by atoms with Crippen LogP contribution in [0.2, 0.25) is 19.6 Å². The van der Waals surface area contributed by atoms with Gasteiger partial charge in [0, 0.05) is 57.7 Å². The number of aryl methyl sites for hydroxylation is 1. The van der Waals surface area contributed by atoms with E-state index in [-0.39, 0.29) is 31.1 Å². The SMILES string of the molecule is CC(C)(c1ccccc1)c1ccc2sc3c(-c4ccc([Si](C)(C)C)cn4)[c-]ccc3c2c1.[2H]C([2H])([2H])c1cc(-c2[c-]cc3oc4ccccc4c3c2)ncc1-c1ccccc1.[Ir]. The molecule has 4 heterocycles. The molecule has 0 saturated heterocycles. The van der Waals surface area contributed by atoms with E-state index in [4.69, 9.17) is 13.5 Å². The number of hydrogen-bond donors (Lipinski definition) is 0. The van der Waals surface area contributed by atoms with Crippen LogP contribution in [0, 0.1) is 19.0 Å². The second kappa shape index (κ2) is 16.3. The van der Waals surface area contributed by atoms with E-state index in [1.807, 2.05) is 78.1 Å². The predicted octanol–water partition coefficient (Wildman–Crippen LogP) is 14.2. The van der Waals surface area contributed by atoms with Crippen molar-refractivity contribution in [3.8, 4) is 33.6 Å². The van der Waals surface area contributed by atoms with Crippen LogP contribution in [0.15, 0.2) is 162 Å². The van der Waals surface area contributed by atoms with Gasteiger partial charge in [-0.25, -0.2) is 0 Å². The Balaban J connectivity index is 0.000000169. The van der Waals surface area contributed by atoms with E-state index in [0.717, 1.165) is 44.3 Å². The minimum atomic E-state index is -2.25. The molecule has 3 nitrogen and oxygen atoms in total.